The molecule has 0 amide bonds. The number of unbranched alkanes of at least 4 members (excludes halogenated alkanes) is 21. The molecule has 5 unspecified atom stereocenters. The summed E-state index contributed by atoms with van der Waals surface area (Å²) in [7, 11) is -10.0. The molecular formula is C85H140O17P2. The van der Waals surface area contributed by atoms with Crippen LogP contribution in [0.15, 0.2) is 158 Å². The Balaban J connectivity index is 5.49. The molecule has 0 aliphatic rings. The average molecular weight is 1500 g/mol. The Hall–Kier alpha value is -5.32. The van der Waals surface area contributed by atoms with Crippen LogP contribution in [0.5, 0.6) is 0 Å². The monoisotopic (exact) mass is 1490 g/mol. The molecule has 104 heavy (non-hydrogen) atoms. The third-order valence-corrected chi connectivity index (χ3v) is 17.9. The van der Waals surface area contributed by atoms with E-state index in [9.17, 15) is 43.2 Å². The number of rotatable bonds is 73. The number of allylic oxidation sites excluding steroid dienone is 26. The lowest BCUT2D eigenvalue weighted by atomic mass is 10.0. The van der Waals surface area contributed by atoms with Crippen LogP contribution in [-0.2, 0) is 65.4 Å². The van der Waals surface area contributed by atoms with Gasteiger partial charge in [-0.1, -0.05) is 301 Å². The van der Waals surface area contributed by atoms with Crippen LogP contribution in [0.25, 0.3) is 0 Å². The van der Waals surface area contributed by atoms with Crippen LogP contribution >= 0.6 is 15.6 Å². The van der Waals surface area contributed by atoms with Gasteiger partial charge in [-0.15, -0.1) is 0 Å². The normalized spacial score (nSPS) is 14.7. The van der Waals surface area contributed by atoms with Crippen molar-refractivity contribution >= 4 is 39.5 Å². The third-order valence-electron chi connectivity index (χ3n) is 16.0. The SMILES string of the molecule is CC/C=C\C/C=C\C/C=C\C/C=C\C/C=C\C/C=C\CCC(=O)OCC(COP(=O)(O)OCC(O)COP(=O)(O)OCC(COC(=O)CCCCCCCCCCCCCCCCC)OC(=O)CCCCCCC/C=C\C/C=C\CCC)OC(=O)CCC/C=C\C/C=C\C/C=C\C/C=C\C/C=C\CC. The van der Waals surface area contributed by atoms with Gasteiger partial charge >= 0.3 is 39.5 Å². The lowest BCUT2D eigenvalue weighted by Crippen LogP contribution is -2.30. The summed E-state index contributed by atoms with van der Waals surface area (Å²) in [4.78, 5) is 72.9. The minimum Gasteiger partial charge on any atom is -0.462 e. The highest BCUT2D eigenvalue weighted by molar-refractivity contribution is 7.47. The molecule has 0 heterocycles. The van der Waals surface area contributed by atoms with Gasteiger partial charge < -0.3 is 33.8 Å². The predicted octanol–water partition coefficient (Wildman–Crippen LogP) is 23.2. The Morgan fingerprint density at radius 3 is 0.904 bits per heavy atom. The fourth-order valence-electron chi connectivity index (χ4n) is 10.0. The van der Waals surface area contributed by atoms with Crippen molar-refractivity contribution in [3.63, 3.8) is 0 Å². The zero-order valence-electron chi connectivity index (χ0n) is 64.6. The molecule has 0 saturated carbocycles. The number of phosphoric ester groups is 2. The molecule has 0 saturated heterocycles. The maximum Gasteiger partial charge on any atom is 0.472 e. The number of aliphatic hydroxyl groups is 1. The van der Waals surface area contributed by atoms with Gasteiger partial charge in [-0.2, -0.15) is 0 Å². The Morgan fingerprint density at radius 2 is 0.548 bits per heavy atom. The molecule has 0 aromatic rings. The molecule has 0 aliphatic heterocycles. The van der Waals surface area contributed by atoms with Gasteiger partial charge in [0.05, 0.1) is 26.4 Å². The van der Waals surface area contributed by atoms with Crippen molar-refractivity contribution in [2.75, 3.05) is 39.6 Å². The Labute approximate surface area is 629 Å². The summed E-state index contributed by atoms with van der Waals surface area (Å²) in [6, 6.07) is 0. The fourth-order valence-corrected chi connectivity index (χ4v) is 11.6. The highest BCUT2D eigenvalue weighted by atomic mass is 31.2. The third kappa shape index (κ3) is 74.9. The van der Waals surface area contributed by atoms with Gasteiger partial charge in [0.1, 0.15) is 19.3 Å². The lowest BCUT2D eigenvalue weighted by Gasteiger charge is -2.21. The molecule has 19 heteroatoms. The van der Waals surface area contributed by atoms with Crippen molar-refractivity contribution in [3.8, 4) is 0 Å². The van der Waals surface area contributed by atoms with Gasteiger partial charge in [0, 0.05) is 25.7 Å². The molecular weight excluding hydrogens is 1350 g/mol. The van der Waals surface area contributed by atoms with E-state index in [-0.39, 0.29) is 25.7 Å². The van der Waals surface area contributed by atoms with Crippen LogP contribution in [0.3, 0.4) is 0 Å². The number of ether oxygens (including phenoxy) is 4. The average Bonchev–Trinajstić information content (AvgIpc) is 0.911. The minimum absolute atomic E-state index is 0.00481. The second kappa shape index (κ2) is 75.9. The first kappa shape index (κ1) is 98.7. The predicted molar refractivity (Wildman–Crippen MR) is 427 cm³/mol. The number of hydrogen-bond donors (Lipinski definition) is 3. The Kier molecular flexibility index (Phi) is 72.0. The van der Waals surface area contributed by atoms with Crippen molar-refractivity contribution < 1.29 is 80.2 Å². The number of carbonyl (C=O) groups excluding carboxylic acids is 4. The van der Waals surface area contributed by atoms with E-state index in [1.165, 1.54) is 70.6 Å². The van der Waals surface area contributed by atoms with Crippen molar-refractivity contribution in [2.24, 2.45) is 0 Å². The molecule has 0 radical (unpaired) electrons. The van der Waals surface area contributed by atoms with E-state index in [0.29, 0.717) is 38.5 Å². The largest absolute Gasteiger partial charge is 0.472 e. The van der Waals surface area contributed by atoms with Gasteiger partial charge in [-0.3, -0.25) is 37.3 Å². The Morgan fingerprint density at radius 1 is 0.279 bits per heavy atom. The highest BCUT2D eigenvalue weighted by Gasteiger charge is 2.30. The summed E-state index contributed by atoms with van der Waals surface area (Å²) in [6.45, 7) is 4.42. The molecule has 0 aromatic heterocycles. The standard InChI is InChI=1S/C85H140O17P2/c1-5-9-13-17-21-25-29-33-36-38-39-41-43-47-50-54-58-62-66-70-83(88)96-76-81(102-85(90)72-68-64-60-56-52-48-44-40-37-34-30-26-22-18-14-10-6-2)78-100-104(93,94)98-74-79(86)73-97-103(91,92)99-77-80(101-84(89)71-67-63-59-55-51-45-32-28-24-20-16-12-8-4)75-95-82(87)69-65-61-57-53-49-46-42-35-31-27-23-19-15-11-7-3/h9-10,13-14,16,20-22,25-26,28,32-34,36-37,39,41,44,47-48,50,56,58,60,62,79-81,86H,5-8,11-12,15,17-19,23-24,27,29-31,35,38,40,42-43,45-46,49,51-55,57,59,61,63-78H2,1-4H3,(H,91,92)(H,93,94)/b13-9-,14-10-,20-16-,25-21-,26-22-,32-28-,36-33-,37-34-,41-39-,48-44-,50-47-,60-56-,62-58-. The summed E-state index contributed by atoms with van der Waals surface area (Å²) in [5, 5.41) is 10.6. The van der Waals surface area contributed by atoms with Crippen LogP contribution < -0.4 is 0 Å². The van der Waals surface area contributed by atoms with E-state index in [2.05, 4.69) is 155 Å². The maximum absolute atomic E-state index is 13.1. The molecule has 592 valence electrons. The summed E-state index contributed by atoms with van der Waals surface area (Å²) in [5.41, 5.74) is 0. The number of phosphoric acid groups is 2. The van der Waals surface area contributed by atoms with E-state index < -0.39 is 97.5 Å². The second-order valence-corrected chi connectivity index (χ2v) is 28.8. The van der Waals surface area contributed by atoms with Crippen LogP contribution in [0, 0.1) is 0 Å². The van der Waals surface area contributed by atoms with Crippen molar-refractivity contribution in [3.05, 3.63) is 158 Å². The first-order valence-electron chi connectivity index (χ1n) is 39.7. The topological polar surface area (TPSA) is 237 Å². The maximum atomic E-state index is 13.1. The zero-order chi connectivity index (χ0) is 76.0. The minimum atomic E-state index is -5.02. The molecule has 0 rings (SSSR count). The molecule has 0 aromatic carbocycles. The fraction of sp³-hybridized carbons (Fsp3) is 0.647. The second-order valence-electron chi connectivity index (χ2n) is 25.9. The summed E-state index contributed by atoms with van der Waals surface area (Å²) in [5.74, 6) is -2.36. The smallest absolute Gasteiger partial charge is 0.462 e. The highest BCUT2D eigenvalue weighted by Crippen LogP contribution is 2.45. The zero-order valence-corrected chi connectivity index (χ0v) is 66.4. The van der Waals surface area contributed by atoms with Crippen LogP contribution in [-0.4, -0.2) is 96.7 Å². The van der Waals surface area contributed by atoms with E-state index in [1.807, 2.05) is 30.4 Å². The number of aliphatic hydroxyl groups excluding tert-OH is 1. The van der Waals surface area contributed by atoms with Crippen LogP contribution in [0.4, 0.5) is 0 Å². The van der Waals surface area contributed by atoms with Gasteiger partial charge in [0.2, 0.25) is 0 Å². The summed E-state index contributed by atoms with van der Waals surface area (Å²) in [6.07, 6.45) is 88.2. The van der Waals surface area contributed by atoms with E-state index in [0.717, 1.165) is 135 Å². The van der Waals surface area contributed by atoms with Gasteiger partial charge in [-0.25, -0.2) is 9.13 Å². The molecule has 3 N–H and O–H groups in total. The number of carbonyl (C=O) groups is 4. The number of esters is 4. The summed E-state index contributed by atoms with van der Waals surface area (Å²) < 4.78 is 68.4. The lowest BCUT2D eigenvalue weighted by molar-refractivity contribution is -0.161. The molecule has 17 nitrogen and oxygen atoms in total. The van der Waals surface area contributed by atoms with Gasteiger partial charge in [0.25, 0.3) is 0 Å². The molecule has 0 spiro atoms. The number of hydrogen-bond acceptors (Lipinski definition) is 15. The first-order valence-corrected chi connectivity index (χ1v) is 42.7. The molecule has 5 atom stereocenters. The molecule has 0 bridgehead atoms. The quantitative estimate of drug-likeness (QED) is 0.0169. The van der Waals surface area contributed by atoms with Gasteiger partial charge in [-0.05, 0) is 128 Å². The van der Waals surface area contributed by atoms with Crippen molar-refractivity contribution in [1.82, 2.24) is 0 Å². The van der Waals surface area contributed by atoms with E-state index in [4.69, 9.17) is 37.0 Å². The molecule has 0 fully saturated rings. The van der Waals surface area contributed by atoms with Crippen molar-refractivity contribution in [2.45, 2.75) is 316 Å². The van der Waals surface area contributed by atoms with Crippen LogP contribution in [0.2, 0.25) is 0 Å². The van der Waals surface area contributed by atoms with Crippen molar-refractivity contribution in [1.29, 1.82) is 0 Å². The Bertz CT molecular complexity index is 2590. The molecule has 0 aliphatic carbocycles. The van der Waals surface area contributed by atoms with Crippen LogP contribution in [0.1, 0.15) is 297 Å². The first-order chi connectivity index (χ1) is 50.7. The van der Waals surface area contributed by atoms with E-state index in [1.54, 1.807) is 0 Å². The van der Waals surface area contributed by atoms with E-state index >= 15 is 0 Å². The van der Waals surface area contributed by atoms with Gasteiger partial charge in [0.15, 0.2) is 12.2 Å². The summed E-state index contributed by atoms with van der Waals surface area (Å²) >= 11 is 0.